The van der Waals surface area contributed by atoms with Crippen molar-refractivity contribution in [2.24, 2.45) is 0 Å². The standard InChI is InChI=1S/C11H28BN3OSi/c1-13(2)11(10-17(7,8)9)16-12(14(3)4)15(5)6/h10H,1-9H3/b11-10-. The minimum atomic E-state index is -1.29. The van der Waals surface area contributed by atoms with Crippen LogP contribution in [0.4, 0.5) is 0 Å². The van der Waals surface area contributed by atoms with Crippen LogP contribution >= 0.6 is 0 Å². The van der Waals surface area contributed by atoms with Crippen LogP contribution in [-0.2, 0) is 4.65 Å². The lowest BCUT2D eigenvalue weighted by Gasteiger charge is -2.30. The van der Waals surface area contributed by atoms with Gasteiger partial charge < -0.3 is 9.55 Å². The molecule has 0 aromatic carbocycles. The molecule has 0 unspecified atom stereocenters. The van der Waals surface area contributed by atoms with Crippen molar-refractivity contribution in [1.29, 1.82) is 0 Å². The number of hydrogen-bond donors (Lipinski definition) is 0. The van der Waals surface area contributed by atoms with Gasteiger partial charge in [0.25, 0.3) is 0 Å². The maximum atomic E-state index is 6.08. The monoisotopic (exact) mass is 257 g/mol. The molecular formula is C11H28BN3OSi. The molecule has 0 saturated heterocycles. The Balaban J connectivity index is 4.93. The summed E-state index contributed by atoms with van der Waals surface area (Å²) >= 11 is 0. The summed E-state index contributed by atoms with van der Waals surface area (Å²) in [6.07, 6.45) is 0. The first kappa shape index (κ1) is 16.5. The molecule has 0 aromatic rings. The summed E-state index contributed by atoms with van der Waals surface area (Å²) in [6, 6.07) is 0. The SMILES string of the molecule is CN(C)B(O/C(=C\[Si](C)(C)C)N(C)C)N(C)C. The predicted octanol–water partition coefficient (Wildman–Crippen LogP) is 1.39. The van der Waals surface area contributed by atoms with Crippen molar-refractivity contribution in [3.63, 3.8) is 0 Å². The van der Waals surface area contributed by atoms with Crippen molar-refractivity contribution in [3.05, 3.63) is 11.6 Å². The van der Waals surface area contributed by atoms with E-state index in [1.165, 1.54) is 0 Å². The summed E-state index contributed by atoms with van der Waals surface area (Å²) in [4.78, 5) is 6.15. The van der Waals surface area contributed by atoms with Gasteiger partial charge in [-0.05, 0) is 33.9 Å². The van der Waals surface area contributed by atoms with Crippen molar-refractivity contribution in [1.82, 2.24) is 14.5 Å². The molecule has 0 aliphatic carbocycles. The largest absolute Gasteiger partial charge is 0.548 e. The third-order valence-electron chi connectivity index (χ3n) is 2.11. The van der Waals surface area contributed by atoms with Crippen molar-refractivity contribution >= 4 is 15.3 Å². The second-order valence-electron chi connectivity index (χ2n) is 6.11. The Kier molecular flexibility index (Phi) is 6.29. The molecule has 0 amide bonds. The fourth-order valence-electron chi connectivity index (χ4n) is 1.42. The van der Waals surface area contributed by atoms with E-state index in [1.54, 1.807) is 0 Å². The number of nitrogens with zero attached hydrogens (tertiary/aromatic N) is 3. The summed E-state index contributed by atoms with van der Waals surface area (Å²) in [7, 11) is 10.8. The minimum absolute atomic E-state index is 0.0417. The van der Waals surface area contributed by atoms with E-state index in [-0.39, 0.29) is 7.19 Å². The molecule has 100 valence electrons. The first-order valence-electron chi connectivity index (χ1n) is 5.94. The van der Waals surface area contributed by atoms with E-state index >= 15 is 0 Å². The molecule has 0 N–H and O–H groups in total. The van der Waals surface area contributed by atoms with Crippen LogP contribution in [0.1, 0.15) is 0 Å². The molecule has 6 heteroatoms. The minimum Gasteiger partial charge on any atom is -0.521 e. The average molecular weight is 257 g/mol. The molecule has 0 aliphatic rings. The van der Waals surface area contributed by atoms with E-state index in [4.69, 9.17) is 4.65 Å². The molecule has 17 heavy (non-hydrogen) atoms. The van der Waals surface area contributed by atoms with Crippen LogP contribution in [0, 0.1) is 0 Å². The zero-order valence-corrected chi connectivity index (χ0v) is 13.9. The summed E-state index contributed by atoms with van der Waals surface area (Å²) in [6.45, 7) is 6.92. The maximum Gasteiger partial charge on any atom is 0.548 e. The fourth-order valence-corrected chi connectivity index (χ4v) is 2.49. The second-order valence-corrected chi connectivity index (χ2v) is 11.1. The van der Waals surface area contributed by atoms with Gasteiger partial charge in [0, 0.05) is 14.1 Å². The molecule has 0 rings (SSSR count). The average Bonchev–Trinajstić information content (AvgIpc) is 2.08. The molecule has 0 fully saturated rings. The smallest absolute Gasteiger partial charge is 0.521 e. The lowest BCUT2D eigenvalue weighted by atomic mass is 9.97. The molecule has 0 radical (unpaired) electrons. The van der Waals surface area contributed by atoms with Crippen LogP contribution in [0.25, 0.3) is 0 Å². The van der Waals surface area contributed by atoms with Crippen molar-refractivity contribution < 1.29 is 4.65 Å². The van der Waals surface area contributed by atoms with Gasteiger partial charge in [0.15, 0.2) is 5.88 Å². The van der Waals surface area contributed by atoms with E-state index in [2.05, 4.69) is 35.0 Å². The highest BCUT2D eigenvalue weighted by Gasteiger charge is 2.27. The van der Waals surface area contributed by atoms with Gasteiger partial charge in [0.2, 0.25) is 0 Å². The highest BCUT2D eigenvalue weighted by atomic mass is 28.3. The normalized spacial score (nSPS) is 13.2. The molecule has 0 atom stereocenters. The van der Waals surface area contributed by atoms with E-state index in [1.807, 2.05) is 47.2 Å². The molecule has 0 aliphatic heterocycles. The third kappa shape index (κ3) is 6.75. The number of hydrogen-bond acceptors (Lipinski definition) is 4. The molecule has 0 heterocycles. The Hall–Kier alpha value is -0.458. The Morgan fingerprint density at radius 2 is 1.35 bits per heavy atom. The molecule has 0 saturated carbocycles. The number of rotatable bonds is 6. The summed E-state index contributed by atoms with van der Waals surface area (Å²) in [5.41, 5.74) is 2.28. The zero-order chi connectivity index (χ0) is 13.8. The van der Waals surface area contributed by atoms with Gasteiger partial charge in [-0.15, -0.1) is 0 Å². The van der Waals surface area contributed by atoms with E-state index in [0.29, 0.717) is 0 Å². The third-order valence-corrected chi connectivity index (χ3v) is 3.22. The first-order chi connectivity index (χ1) is 7.54. The maximum absolute atomic E-state index is 6.08. The highest BCUT2D eigenvalue weighted by molar-refractivity contribution is 6.81. The van der Waals surface area contributed by atoms with Gasteiger partial charge >= 0.3 is 7.19 Å². The Morgan fingerprint density at radius 1 is 0.941 bits per heavy atom. The summed E-state index contributed by atoms with van der Waals surface area (Å²) in [5, 5.41) is 0. The predicted molar refractivity (Wildman–Crippen MR) is 79.3 cm³/mol. The van der Waals surface area contributed by atoms with Crippen LogP contribution in [0.2, 0.25) is 19.6 Å². The van der Waals surface area contributed by atoms with E-state index < -0.39 is 8.07 Å². The molecule has 0 spiro atoms. The summed E-state index contributed by atoms with van der Waals surface area (Å²) < 4.78 is 6.08. The zero-order valence-electron chi connectivity index (χ0n) is 12.9. The van der Waals surface area contributed by atoms with Crippen molar-refractivity contribution in [3.8, 4) is 0 Å². The van der Waals surface area contributed by atoms with Gasteiger partial charge in [-0.1, -0.05) is 19.6 Å². The lowest BCUT2D eigenvalue weighted by molar-refractivity contribution is 0.232. The van der Waals surface area contributed by atoms with Crippen LogP contribution in [0.5, 0.6) is 0 Å². The fraction of sp³-hybridized carbons (Fsp3) is 0.818. The Morgan fingerprint density at radius 3 is 1.59 bits per heavy atom. The van der Waals surface area contributed by atoms with Crippen molar-refractivity contribution in [2.45, 2.75) is 19.6 Å². The van der Waals surface area contributed by atoms with Crippen molar-refractivity contribution in [2.75, 3.05) is 42.3 Å². The molecule has 4 nitrogen and oxygen atoms in total. The van der Waals surface area contributed by atoms with Gasteiger partial charge in [-0.25, -0.2) is 0 Å². The van der Waals surface area contributed by atoms with Gasteiger partial charge in [0.1, 0.15) is 0 Å². The molecular weight excluding hydrogens is 229 g/mol. The van der Waals surface area contributed by atoms with Crippen LogP contribution in [-0.4, -0.2) is 72.1 Å². The van der Waals surface area contributed by atoms with E-state index in [0.717, 1.165) is 5.88 Å². The highest BCUT2D eigenvalue weighted by Crippen LogP contribution is 2.12. The molecule has 0 bridgehead atoms. The lowest BCUT2D eigenvalue weighted by Crippen LogP contribution is -2.49. The molecule has 0 aromatic heterocycles. The van der Waals surface area contributed by atoms with Crippen LogP contribution < -0.4 is 0 Å². The van der Waals surface area contributed by atoms with Crippen LogP contribution in [0.15, 0.2) is 11.6 Å². The first-order valence-corrected chi connectivity index (χ1v) is 9.52. The van der Waals surface area contributed by atoms with Gasteiger partial charge in [-0.3, -0.25) is 9.62 Å². The van der Waals surface area contributed by atoms with Gasteiger partial charge in [0.05, 0.1) is 8.07 Å². The van der Waals surface area contributed by atoms with Gasteiger partial charge in [-0.2, -0.15) is 0 Å². The second kappa shape index (κ2) is 6.47. The summed E-state index contributed by atoms with van der Waals surface area (Å²) in [5.74, 6) is 0.955. The topological polar surface area (TPSA) is 19.0 Å². The van der Waals surface area contributed by atoms with E-state index in [9.17, 15) is 0 Å². The Labute approximate surface area is 108 Å². The van der Waals surface area contributed by atoms with Crippen LogP contribution in [0.3, 0.4) is 0 Å². The Bertz CT molecular complexity index is 254. The quantitative estimate of drug-likeness (QED) is 0.528.